The summed E-state index contributed by atoms with van der Waals surface area (Å²) in [6, 6.07) is 2.00. The van der Waals surface area contributed by atoms with Crippen molar-refractivity contribution in [2.24, 2.45) is 5.92 Å². The molecule has 0 bridgehead atoms. The van der Waals surface area contributed by atoms with Gasteiger partial charge in [-0.05, 0) is 36.3 Å². The third kappa shape index (κ3) is 2.58. The number of pyridine rings is 1. The molecule has 1 aromatic rings. The number of aromatic nitrogens is 1. The molecule has 0 unspecified atom stereocenters. The highest BCUT2D eigenvalue weighted by molar-refractivity contribution is 5.74. The van der Waals surface area contributed by atoms with Crippen LogP contribution in [0, 0.1) is 5.92 Å². The highest BCUT2D eigenvalue weighted by Crippen LogP contribution is 2.37. The lowest BCUT2D eigenvalue weighted by molar-refractivity contribution is 0.308. The molecule has 2 rings (SSSR count). The van der Waals surface area contributed by atoms with Crippen LogP contribution in [0.3, 0.4) is 0 Å². The van der Waals surface area contributed by atoms with Crippen molar-refractivity contribution in [1.29, 1.82) is 0 Å². The fourth-order valence-corrected chi connectivity index (χ4v) is 2.46. The fourth-order valence-electron chi connectivity index (χ4n) is 2.46. The molecule has 98 valence electrons. The van der Waals surface area contributed by atoms with E-state index in [9.17, 15) is 0 Å². The maximum Gasteiger partial charge on any atom is 0.130 e. The Labute approximate surface area is 110 Å². The van der Waals surface area contributed by atoms with Crippen LogP contribution in [0.15, 0.2) is 18.3 Å². The molecule has 0 saturated heterocycles. The van der Waals surface area contributed by atoms with Crippen LogP contribution in [0.5, 0.6) is 5.75 Å². The first-order chi connectivity index (χ1) is 8.61. The van der Waals surface area contributed by atoms with Crippen molar-refractivity contribution < 1.29 is 4.74 Å². The SMILES string of the molecule is CC(C)/C1=C/CCCOc2ccnc(C(C)C)c21. The lowest BCUT2D eigenvalue weighted by Gasteiger charge is -2.23. The molecule has 0 radical (unpaired) electrons. The standard InChI is InChI=1S/C16H23NO/c1-11(2)13-7-5-6-10-18-14-8-9-17-16(12(3)4)15(13)14/h7-9,11-12H,5-6,10H2,1-4H3/b13-7-. The molecule has 1 aliphatic rings. The van der Waals surface area contributed by atoms with Crippen LogP contribution in [0.4, 0.5) is 0 Å². The van der Waals surface area contributed by atoms with Crippen LogP contribution in [0.1, 0.15) is 57.7 Å². The van der Waals surface area contributed by atoms with Gasteiger partial charge >= 0.3 is 0 Å². The maximum atomic E-state index is 5.92. The molecule has 2 heterocycles. The molecule has 0 atom stereocenters. The summed E-state index contributed by atoms with van der Waals surface area (Å²) in [6.45, 7) is 9.68. The van der Waals surface area contributed by atoms with Crippen molar-refractivity contribution in [2.45, 2.75) is 46.5 Å². The van der Waals surface area contributed by atoms with Crippen molar-refractivity contribution in [1.82, 2.24) is 4.98 Å². The van der Waals surface area contributed by atoms with Gasteiger partial charge in [0.2, 0.25) is 0 Å². The van der Waals surface area contributed by atoms with Crippen LogP contribution < -0.4 is 4.74 Å². The topological polar surface area (TPSA) is 22.1 Å². The smallest absolute Gasteiger partial charge is 0.130 e. The first kappa shape index (κ1) is 13.1. The van der Waals surface area contributed by atoms with E-state index in [0.29, 0.717) is 11.8 Å². The van der Waals surface area contributed by atoms with Crippen LogP contribution in [-0.4, -0.2) is 11.6 Å². The van der Waals surface area contributed by atoms with Gasteiger partial charge < -0.3 is 4.74 Å². The average molecular weight is 245 g/mol. The number of hydrogen-bond donors (Lipinski definition) is 0. The Hall–Kier alpha value is -1.31. The zero-order chi connectivity index (χ0) is 13.1. The Morgan fingerprint density at radius 3 is 2.61 bits per heavy atom. The average Bonchev–Trinajstić information content (AvgIpc) is 2.28. The number of allylic oxidation sites excluding steroid dienone is 2. The zero-order valence-electron chi connectivity index (χ0n) is 11.9. The third-order valence-electron chi connectivity index (χ3n) is 3.37. The Balaban J connectivity index is 2.60. The summed E-state index contributed by atoms with van der Waals surface area (Å²) < 4.78 is 5.92. The molecule has 0 aliphatic carbocycles. The quantitative estimate of drug-likeness (QED) is 0.769. The zero-order valence-corrected chi connectivity index (χ0v) is 11.9. The van der Waals surface area contributed by atoms with Crippen LogP contribution in [0.2, 0.25) is 0 Å². The molecule has 1 aliphatic heterocycles. The summed E-state index contributed by atoms with van der Waals surface area (Å²) in [5.74, 6) is 1.94. The van der Waals surface area contributed by atoms with Gasteiger partial charge in [-0.2, -0.15) is 0 Å². The molecule has 0 N–H and O–H groups in total. The maximum absolute atomic E-state index is 5.92. The van der Waals surface area contributed by atoms with E-state index in [1.165, 1.54) is 11.1 Å². The Bertz CT molecular complexity index is 446. The molecule has 2 heteroatoms. The summed E-state index contributed by atoms with van der Waals surface area (Å²) in [4.78, 5) is 4.58. The minimum atomic E-state index is 0.421. The van der Waals surface area contributed by atoms with Gasteiger partial charge in [0, 0.05) is 11.8 Å². The van der Waals surface area contributed by atoms with Crippen molar-refractivity contribution in [2.75, 3.05) is 6.61 Å². The minimum absolute atomic E-state index is 0.421. The molecular formula is C16H23NO. The van der Waals surface area contributed by atoms with Crippen molar-refractivity contribution in [3.63, 3.8) is 0 Å². The summed E-state index contributed by atoms with van der Waals surface area (Å²) >= 11 is 0. The van der Waals surface area contributed by atoms with E-state index in [2.05, 4.69) is 38.8 Å². The lowest BCUT2D eigenvalue weighted by atomic mass is 9.88. The molecule has 0 spiro atoms. The Morgan fingerprint density at radius 2 is 1.94 bits per heavy atom. The first-order valence-corrected chi connectivity index (χ1v) is 6.93. The van der Waals surface area contributed by atoms with Gasteiger partial charge in [-0.3, -0.25) is 4.98 Å². The van der Waals surface area contributed by atoms with Gasteiger partial charge in [-0.1, -0.05) is 33.8 Å². The molecule has 0 fully saturated rings. The predicted molar refractivity (Wildman–Crippen MR) is 75.9 cm³/mol. The van der Waals surface area contributed by atoms with Gasteiger partial charge in [0.25, 0.3) is 0 Å². The van der Waals surface area contributed by atoms with E-state index in [0.717, 1.165) is 30.9 Å². The molecule has 2 nitrogen and oxygen atoms in total. The third-order valence-corrected chi connectivity index (χ3v) is 3.37. The largest absolute Gasteiger partial charge is 0.493 e. The Morgan fingerprint density at radius 1 is 1.17 bits per heavy atom. The van der Waals surface area contributed by atoms with Crippen LogP contribution in [-0.2, 0) is 0 Å². The number of hydrogen-bond acceptors (Lipinski definition) is 2. The highest BCUT2D eigenvalue weighted by Gasteiger charge is 2.20. The second-order valence-electron chi connectivity index (χ2n) is 5.53. The van der Waals surface area contributed by atoms with E-state index >= 15 is 0 Å². The van der Waals surface area contributed by atoms with Gasteiger partial charge in [0.05, 0.1) is 12.3 Å². The van der Waals surface area contributed by atoms with Gasteiger partial charge in [0.1, 0.15) is 5.75 Å². The molecule has 0 amide bonds. The fraction of sp³-hybridized carbons (Fsp3) is 0.562. The first-order valence-electron chi connectivity index (χ1n) is 6.93. The number of fused-ring (bicyclic) bond motifs is 1. The van der Waals surface area contributed by atoms with Gasteiger partial charge in [-0.15, -0.1) is 0 Å². The normalized spacial score (nSPS) is 18.7. The summed E-state index contributed by atoms with van der Waals surface area (Å²) in [7, 11) is 0. The van der Waals surface area contributed by atoms with Crippen LogP contribution in [0.25, 0.3) is 5.57 Å². The second-order valence-corrected chi connectivity index (χ2v) is 5.53. The van der Waals surface area contributed by atoms with E-state index in [1.807, 2.05) is 12.3 Å². The molecule has 1 aromatic heterocycles. The van der Waals surface area contributed by atoms with Gasteiger partial charge in [-0.25, -0.2) is 0 Å². The van der Waals surface area contributed by atoms with Crippen molar-refractivity contribution in [3.05, 3.63) is 29.6 Å². The molecular weight excluding hydrogens is 222 g/mol. The van der Waals surface area contributed by atoms with E-state index in [1.54, 1.807) is 0 Å². The number of nitrogens with zero attached hydrogens (tertiary/aromatic N) is 1. The van der Waals surface area contributed by atoms with E-state index in [4.69, 9.17) is 4.74 Å². The monoisotopic (exact) mass is 245 g/mol. The van der Waals surface area contributed by atoms with Crippen molar-refractivity contribution >= 4 is 5.57 Å². The molecule has 18 heavy (non-hydrogen) atoms. The summed E-state index contributed by atoms with van der Waals surface area (Å²) in [5.41, 5.74) is 3.79. The Kier molecular flexibility index (Phi) is 4.05. The number of rotatable bonds is 2. The van der Waals surface area contributed by atoms with Crippen molar-refractivity contribution in [3.8, 4) is 5.75 Å². The van der Waals surface area contributed by atoms with E-state index < -0.39 is 0 Å². The minimum Gasteiger partial charge on any atom is -0.493 e. The van der Waals surface area contributed by atoms with Gasteiger partial charge in [0.15, 0.2) is 0 Å². The highest BCUT2D eigenvalue weighted by atomic mass is 16.5. The van der Waals surface area contributed by atoms with Crippen LogP contribution >= 0.6 is 0 Å². The van der Waals surface area contributed by atoms with E-state index in [-0.39, 0.29) is 0 Å². The molecule has 0 aromatic carbocycles. The summed E-state index contributed by atoms with van der Waals surface area (Å²) in [5, 5.41) is 0. The number of ether oxygens (including phenoxy) is 1. The summed E-state index contributed by atoms with van der Waals surface area (Å²) in [6.07, 6.45) is 6.43. The second kappa shape index (κ2) is 5.55. The molecule has 0 saturated carbocycles. The lowest BCUT2D eigenvalue weighted by Crippen LogP contribution is -2.10. The predicted octanol–water partition coefficient (Wildman–Crippen LogP) is 4.42.